The van der Waals surface area contributed by atoms with E-state index in [-0.39, 0.29) is 41.5 Å². The zero-order valence-electron chi connectivity index (χ0n) is 28.5. The van der Waals surface area contributed by atoms with Crippen molar-refractivity contribution in [1.82, 2.24) is 24.8 Å². The Bertz CT molecular complexity index is 1290. The molecule has 4 fully saturated rings. The first-order valence-electron chi connectivity index (χ1n) is 17.1. The van der Waals surface area contributed by atoms with Crippen molar-refractivity contribution in [3.8, 4) is 0 Å². The summed E-state index contributed by atoms with van der Waals surface area (Å²) in [6, 6.07) is 0. The maximum Gasteiger partial charge on any atom is 0.453 e. The number of alkyl halides is 3. The molecular formula is C33H50F3N5O7. The van der Waals surface area contributed by atoms with Gasteiger partial charge in [-0.3, -0.25) is 19.3 Å². The van der Waals surface area contributed by atoms with Gasteiger partial charge in [-0.05, 0) is 51.9 Å². The van der Waals surface area contributed by atoms with Gasteiger partial charge in [0.15, 0.2) is 0 Å². The molecule has 1 unspecified atom stereocenters. The highest BCUT2D eigenvalue weighted by molar-refractivity contribution is 5.96. The van der Waals surface area contributed by atoms with E-state index in [1.165, 1.54) is 11.8 Å². The molecule has 5 heterocycles. The van der Waals surface area contributed by atoms with E-state index in [0.29, 0.717) is 45.6 Å². The minimum Gasteiger partial charge on any atom is -0.483 e. The van der Waals surface area contributed by atoms with E-state index in [4.69, 9.17) is 14.6 Å². The van der Waals surface area contributed by atoms with Crippen LogP contribution in [0.5, 0.6) is 0 Å². The van der Waals surface area contributed by atoms with Gasteiger partial charge in [0, 0.05) is 83.6 Å². The Labute approximate surface area is 279 Å². The molecule has 1 spiro atoms. The molecule has 270 valence electrons. The molecule has 0 aromatic carbocycles. The molecule has 1 aromatic heterocycles. The van der Waals surface area contributed by atoms with Gasteiger partial charge >= 0.3 is 12.3 Å². The predicted molar refractivity (Wildman–Crippen MR) is 168 cm³/mol. The molecule has 48 heavy (non-hydrogen) atoms. The third kappa shape index (κ3) is 8.25. The number of carbonyl (C=O) groups is 4. The van der Waals surface area contributed by atoms with Crippen LogP contribution in [0.2, 0.25) is 0 Å². The molecule has 15 heteroatoms. The number of unbranched alkanes of at least 4 members (excludes halogenated alkanes) is 1. The van der Waals surface area contributed by atoms with Crippen molar-refractivity contribution in [1.29, 1.82) is 0 Å². The second-order valence-corrected chi connectivity index (χ2v) is 14.0. The van der Waals surface area contributed by atoms with Crippen molar-refractivity contribution in [2.24, 2.45) is 11.8 Å². The molecule has 4 aliphatic rings. The Kier molecular flexibility index (Phi) is 12.1. The van der Waals surface area contributed by atoms with E-state index in [2.05, 4.69) is 28.4 Å². The van der Waals surface area contributed by atoms with Crippen molar-refractivity contribution in [3.63, 3.8) is 0 Å². The summed E-state index contributed by atoms with van der Waals surface area (Å²) in [6.07, 6.45) is 2.74. The van der Waals surface area contributed by atoms with E-state index in [9.17, 15) is 27.6 Å². The highest BCUT2D eigenvalue weighted by Crippen LogP contribution is 2.44. The lowest BCUT2D eigenvalue weighted by molar-refractivity contribution is -0.156. The van der Waals surface area contributed by atoms with Gasteiger partial charge in [-0.2, -0.15) is 13.2 Å². The summed E-state index contributed by atoms with van der Waals surface area (Å²) in [4.78, 5) is 54.5. The third-order valence-electron chi connectivity index (χ3n) is 10.9. The lowest BCUT2D eigenvalue weighted by Gasteiger charge is -2.55. The number of hydrogen-bond donors (Lipinski definition) is 1. The van der Waals surface area contributed by atoms with Crippen LogP contribution in [0.15, 0.2) is 4.52 Å². The summed E-state index contributed by atoms with van der Waals surface area (Å²) >= 11 is 0. The van der Waals surface area contributed by atoms with Crippen molar-refractivity contribution in [2.45, 2.75) is 103 Å². The Balaban J connectivity index is 0.00000167. The summed E-state index contributed by atoms with van der Waals surface area (Å²) in [6.45, 7) is 12.0. The van der Waals surface area contributed by atoms with E-state index in [0.717, 1.165) is 64.6 Å². The van der Waals surface area contributed by atoms with Gasteiger partial charge in [0.25, 0.3) is 18.1 Å². The van der Waals surface area contributed by atoms with Crippen LogP contribution in [-0.4, -0.2) is 118 Å². The number of rotatable bonds is 7. The summed E-state index contributed by atoms with van der Waals surface area (Å²) in [7, 11) is 0. The van der Waals surface area contributed by atoms with Gasteiger partial charge in [-0.25, -0.2) is 4.79 Å². The Morgan fingerprint density at radius 2 is 1.71 bits per heavy atom. The fourth-order valence-corrected chi connectivity index (χ4v) is 8.01. The zero-order valence-corrected chi connectivity index (χ0v) is 28.5. The van der Waals surface area contributed by atoms with Gasteiger partial charge in [0.05, 0.1) is 5.69 Å². The van der Waals surface area contributed by atoms with E-state index >= 15 is 0 Å². The SMILES string of the molecule is CCCC[C@H]1CN(CC2CCCN(C(C)=O)C2)C(=O)OC12CCN(C1(C)CCN(C(=O)c3c(C)noc3C(F)(F)F)CC1)CC2.O=CO. The lowest BCUT2D eigenvalue weighted by Crippen LogP contribution is -2.64. The fourth-order valence-electron chi connectivity index (χ4n) is 8.01. The van der Waals surface area contributed by atoms with Crippen LogP contribution in [0.4, 0.5) is 18.0 Å². The molecule has 1 N–H and O–H groups in total. The standard InChI is InChI=1S/C32H48F3N5O5.CH2O2/c1-5-6-9-25-21-39(20-24-8-7-14-38(19-24)23(3)41)29(43)44-31(25)12-17-40(18-13-31)30(4)10-15-37(16-11-30)28(42)26-22(2)36-45-27(26)32(33,34)35;2-1-3/h24-25H,5-21H2,1-4H3;1H,(H,2,3)/t24?,25-;/m0./s1. The quantitative estimate of drug-likeness (QED) is 0.391. The number of hydrogen-bond acceptors (Lipinski definition) is 8. The van der Waals surface area contributed by atoms with Crippen LogP contribution in [0.1, 0.15) is 100 Å². The molecule has 3 amide bonds. The number of amides is 3. The highest BCUT2D eigenvalue weighted by Gasteiger charge is 2.52. The number of likely N-dealkylation sites (tertiary alicyclic amines) is 3. The number of nitrogens with zero attached hydrogens (tertiary/aromatic N) is 5. The molecule has 0 saturated carbocycles. The van der Waals surface area contributed by atoms with Crippen LogP contribution in [0, 0.1) is 18.8 Å². The number of carboxylic acid groups (broad SMARTS) is 1. The minimum atomic E-state index is -4.79. The van der Waals surface area contributed by atoms with Crippen LogP contribution >= 0.6 is 0 Å². The van der Waals surface area contributed by atoms with Crippen molar-refractivity contribution in [3.05, 3.63) is 17.0 Å². The van der Waals surface area contributed by atoms with Crippen LogP contribution < -0.4 is 0 Å². The molecule has 5 rings (SSSR count). The van der Waals surface area contributed by atoms with Crippen molar-refractivity contribution in [2.75, 3.05) is 52.4 Å². The topological polar surface area (TPSA) is 137 Å². The average Bonchev–Trinajstić information content (AvgIpc) is 3.44. The van der Waals surface area contributed by atoms with E-state index in [1.807, 2.05) is 9.80 Å². The third-order valence-corrected chi connectivity index (χ3v) is 10.9. The lowest BCUT2D eigenvalue weighted by atomic mass is 9.74. The summed E-state index contributed by atoms with van der Waals surface area (Å²) in [5, 5.41) is 10.3. The first kappa shape index (κ1) is 37.5. The second-order valence-electron chi connectivity index (χ2n) is 14.0. The number of carbonyl (C=O) groups excluding carboxylic acids is 3. The summed E-state index contributed by atoms with van der Waals surface area (Å²) < 4.78 is 51.2. The monoisotopic (exact) mass is 685 g/mol. The predicted octanol–water partition coefficient (Wildman–Crippen LogP) is 5.05. The maximum atomic E-state index is 13.4. The minimum absolute atomic E-state index is 0.0583. The molecule has 12 nitrogen and oxygen atoms in total. The molecule has 0 bridgehead atoms. The van der Waals surface area contributed by atoms with Gasteiger partial charge in [0.2, 0.25) is 5.91 Å². The number of piperidine rings is 3. The molecule has 4 aliphatic heterocycles. The van der Waals surface area contributed by atoms with E-state index in [1.54, 1.807) is 6.92 Å². The number of ether oxygens (including phenoxy) is 1. The smallest absolute Gasteiger partial charge is 0.453 e. The molecule has 1 aromatic rings. The van der Waals surface area contributed by atoms with Crippen molar-refractivity contribution < 1.29 is 46.7 Å². The molecule has 2 atom stereocenters. The number of aryl methyl sites for hydroxylation is 1. The molecular weight excluding hydrogens is 635 g/mol. The van der Waals surface area contributed by atoms with Crippen LogP contribution in [0.25, 0.3) is 0 Å². The highest BCUT2D eigenvalue weighted by atomic mass is 19.4. The summed E-state index contributed by atoms with van der Waals surface area (Å²) in [5.41, 5.74) is -1.29. The molecule has 0 radical (unpaired) electrons. The second kappa shape index (κ2) is 15.5. The van der Waals surface area contributed by atoms with Gasteiger partial charge in [-0.15, -0.1) is 0 Å². The van der Waals surface area contributed by atoms with Gasteiger partial charge in [0.1, 0.15) is 11.2 Å². The zero-order chi connectivity index (χ0) is 35.3. The first-order valence-corrected chi connectivity index (χ1v) is 17.1. The first-order chi connectivity index (χ1) is 22.7. The normalized spacial score (nSPS) is 24.5. The maximum absolute atomic E-state index is 13.4. The van der Waals surface area contributed by atoms with Crippen LogP contribution in [-0.2, 0) is 20.5 Å². The largest absolute Gasteiger partial charge is 0.483 e. The number of aromatic nitrogens is 1. The van der Waals surface area contributed by atoms with Crippen LogP contribution in [0.3, 0.4) is 0 Å². The van der Waals surface area contributed by atoms with Gasteiger partial charge in [-0.1, -0.05) is 24.9 Å². The number of halogens is 3. The Hall–Kier alpha value is -3.36. The van der Waals surface area contributed by atoms with Crippen molar-refractivity contribution >= 4 is 24.4 Å². The molecule has 4 saturated heterocycles. The molecule has 0 aliphatic carbocycles. The Morgan fingerprint density at radius 3 is 2.29 bits per heavy atom. The Morgan fingerprint density at radius 1 is 1.06 bits per heavy atom. The van der Waals surface area contributed by atoms with E-state index < -0.39 is 29.0 Å². The fraction of sp³-hybridized carbons (Fsp3) is 0.788. The van der Waals surface area contributed by atoms with Gasteiger partial charge < -0.3 is 29.1 Å². The summed E-state index contributed by atoms with van der Waals surface area (Å²) in [5.74, 6) is -1.47. The average molecular weight is 686 g/mol.